The lowest BCUT2D eigenvalue weighted by Gasteiger charge is -2.46. The summed E-state index contributed by atoms with van der Waals surface area (Å²) in [6.07, 6.45) is 0.199. The van der Waals surface area contributed by atoms with Crippen molar-refractivity contribution in [1.82, 2.24) is 9.80 Å². The molecule has 10 heteroatoms. The highest BCUT2D eigenvalue weighted by Gasteiger charge is 2.59. The van der Waals surface area contributed by atoms with Crippen LogP contribution in [0.2, 0.25) is 5.02 Å². The van der Waals surface area contributed by atoms with E-state index >= 15 is 0 Å². The molecule has 246 valence electrons. The van der Waals surface area contributed by atoms with Crippen molar-refractivity contribution in [2.24, 2.45) is 17.8 Å². The third-order valence-corrected chi connectivity index (χ3v) is 9.96. The molecule has 0 unspecified atom stereocenters. The van der Waals surface area contributed by atoms with Crippen LogP contribution >= 0.6 is 11.6 Å². The molecule has 0 bridgehead atoms. The zero-order valence-corrected chi connectivity index (χ0v) is 27.2. The van der Waals surface area contributed by atoms with Gasteiger partial charge in [0.05, 0.1) is 23.1 Å². The van der Waals surface area contributed by atoms with Gasteiger partial charge in [-0.05, 0) is 54.6 Å². The monoisotopic (exact) mass is 658 g/mol. The number of carboxylic acids is 1. The Morgan fingerprint density at radius 3 is 2.23 bits per heavy atom. The number of halogens is 1. The highest BCUT2D eigenvalue weighted by molar-refractivity contribution is 6.35. The Kier molecular flexibility index (Phi) is 9.68. The van der Waals surface area contributed by atoms with Crippen LogP contribution in [0.25, 0.3) is 0 Å². The van der Waals surface area contributed by atoms with Crippen LogP contribution in [0.4, 0.5) is 0 Å². The van der Waals surface area contributed by atoms with Crippen molar-refractivity contribution in [3.05, 3.63) is 106 Å². The number of benzene rings is 3. The van der Waals surface area contributed by atoms with Gasteiger partial charge in [-0.3, -0.25) is 14.5 Å². The third kappa shape index (κ3) is 6.66. The Hall–Kier alpha value is -4.18. The molecule has 2 fully saturated rings. The molecular weight excluding hydrogens is 620 g/mol. The van der Waals surface area contributed by atoms with Gasteiger partial charge >= 0.3 is 5.97 Å². The van der Waals surface area contributed by atoms with Crippen LogP contribution in [0.3, 0.4) is 0 Å². The summed E-state index contributed by atoms with van der Waals surface area (Å²) < 4.78 is 12.3. The first-order chi connectivity index (χ1) is 22.6. The largest absolute Gasteiger partial charge is 0.485 e. The van der Waals surface area contributed by atoms with Gasteiger partial charge < -0.3 is 24.6 Å². The molecule has 2 N–H and O–H groups in total. The van der Waals surface area contributed by atoms with Gasteiger partial charge in [0.2, 0.25) is 5.91 Å². The molecule has 2 saturated heterocycles. The number of hydrogen-bond donors (Lipinski definition) is 2. The molecule has 47 heavy (non-hydrogen) atoms. The first-order valence-electron chi connectivity index (χ1n) is 16.0. The number of ketones is 1. The van der Waals surface area contributed by atoms with Crippen molar-refractivity contribution in [1.29, 1.82) is 0 Å². The van der Waals surface area contributed by atoms with Gasteiger partial charge in [-0.2, -0.15) is 0 Å². The summed E-state index contributed by atoms with van der Waals surface area (Å²) >= 11 is 6.88. The number of carbonyl (C=O) groups excluding carboxylic acids is 2. The quantitative estimate of drug-likeness (QED) is 0.180. The number of rotatable bonds is 13. The van der Waals surface area contributed by atoms with Gasteiger partial charge in [-0.25, -0.2) is 4.79 Å². The van der Waals surface area contributed by atoms with Crippen LogP contribution < -0.4 is 9.47 Å². The van der Waals surface area contributed by atoms with E-state index in [9.17, 15) is 24.6 Å². The molecule has 6 rings (SSSR count). The zero-order valence-electron chi connectivity index (χ0n) is 26.5. The summed E-state index contributed by atoms with van der Waals surface area (Å²) in [4.78, 5) is 42.1. The summed E-state index contributed by atoms with van der Waals surface area (Å²) in [5.41, 5.74) is 3.04. The molecule has 3 aromatic rings. The lowest BCUT2D eigenvalue weighted by molar-refractivity contribution is -0.163. The zero-order chi connectivity index (χ0) is 33.2. The summed E-state index contributed by atoms with van der Waals surface area (Å²) in [6, 6.07) is 22.5. The smallest absolute Gasteiger partial charge is 0.352 e. The third-order valence-electron chi connectivity index (χ3n) is 9.58. The molecule has 0 saturated carbocycles. The molecule has 3 aliphatic heterocycles. The maximum atomic E-state index is 13.7. The van der Waals surface area contributed by atoms with Gasteiger partial charge in [-0.15, -0.1) is 0 Å². The van der Waals surface area contributed by atoms with Crippen LogP contribution in [-0.2, 0) is 22.8 Å². The SMILES string of the molecule is C[C@@H](O)[C@H]1C(=O)N2C(C(=O)O)=C(CN3CC[C@H](CC(=O)c4ccc(OCc5ccccc5)c(OCc5ccccc5)c4Cl)C3)[C@H](C)[C@H]12. The molecule has 3 aromatic carbocycles. The molecule has 5 atom stereocenters. The average Bonchev–Trinajstić information content (AvgIpc) is 3.59. The molecule has 9 nitrogen and oxygen atoms in total. The number of nitrogens with zero attached hydrogens (tertiary/aromatic N) is 2. The first-order valence-corrected chi connectivity index (χ1v) is 16.4. The number of hydrogen-bond acceptors (Lipinski definition) is 7. The minimum absolute atomic E-state index is 0.0355. The van der Waals surface area contributed by atoms with Crippen molar-refractivity contribution >= 4 is 29.3 Å². The Morgan fingerprint density at radius 1 is 0.979 bits per heavy atom. The van der Waals surface area contributed by atoms with Crippen LogP contribution in [0.15, 0.2) is 84.1 Å². The number of Topliss-reactive ketones (excluding diaryl/α,β-unsaturated/α-hetero) is 1. The maximum Gasteiger partial charge on any atom is 0.352 e. The van der Waals surface area contributed by atoms with E-state index in [1.54, 1.807) is 19.1 Å². The van der Waals surface area contributed by atoms with Crippen LogP contribution in [-0.4, -0.2) is 69.5 Å². The number of ether oxygens (including phenoxy) is 2. The topological polar surface area (TPSA) is 117 Å². The van der Waals surface area contributed by atoms with E-state index in [1.807, 2.05) is 67.6 Å². The average molecular weight is 659 g/mol. The fourth-order valence-corrected chi connectivity index (χ4v) is 7.47. The molecule has 0 radical (unpaired) electrons. The Labute approximate surface area is 279 Å². The molecule has 0 spiro atoms. The van der Waals surface area contributed by atoms with Gasteiger partial charge in [0.15, 0.2) is 17.3 Å². The van der Waals surface area contributed by atoms with Crippen molar-refractivity contribution in [2.45, 2.75) is 52.0 Å². The molecular formula is C37H39ClN2O7. The highest BCUT2D eigenvalue weighted by atomic mass is 35.5. The first kappa shape index (κ1) is 32.7. The number of β-lactam (4-membered cyclic amide) rings is 1. The number of aliphatic hydroxyl groups excluding tert-OH is 1. The van der Waals surface area contributed by atoms with Crippen molar-refractivity contribution < 1.29 is 34.1 Å². The second-order valence-corrected chi connectivity index (χ2v) is 13.1. The molecule has 0 aromatic heterocycles. The van der Waals surface area contributed by atoms with Gasteiger partial charge in [0.1, 0.15) is 18.9 Å². The maximum absolute atomic E-state index is 13.7. The second kappa shape index (κ2) is 13.9. The van der Waals surface area contributed by atoms with E-state index in [2.05, 4.69) is 4.90 Å². The van der Waals surface area contributed by atoms with E-state index in [-0.39, 0.29) is 53.3 Å². The molecule has 3 heterocycles. The number of fused-ring (bicyclic) bond motifs is 1. The van der Waals surface area contributed by atoms with Crippen LogP contribution in [0, 0.1) is 17.8 Å². The lowest BCUT2D eigenvalue weighted by Crippen LogP contribution is -2.63. The standard InChI is InChI=1S/C37H39ClN2O7/c1-22-28(34(37(44)45)40-33(22)31(23(2)41)36(40)43)19-39-16-15-26(18-39)17-29(42)27-13-14-30(46-20-24-9-5-3-6-10-24)35(32(27)38)47-21-25-11-7-4-8-12-25/h3-14,22-23,26,31,33,41H,15-21H2,1-2H3,(H,44,45)/t22-,23+,26+,31+,33+/m0/s1. The lowest BCUT2D eigenvalue weighted by atomic mass is 9.77. The van der Waals surface area contributed by atoms with E-state index in [0.29, 0.717) is 48.9 Å². The predicted molar refractivity (Wildman–Crippen MR) is 176 cm³/mol. The number of amides is 1. The number of aliphatic carboxylic acids is 1. The Morgan fingerprint density at radius 2 is 1.62 bits per heavy atom. The highest BCUT2D eigenvalue weighted by Crippen LogP contribution is 2.47. The van der Waals surface area contributed by atoms with E-state index in [1.165, 1.54) is 4.90 Å². The van der Waals surface area contributed by atoms with Crippen LogP contribution in [0.1, 0.15) is 48.2 Å². The predicted octanol–water partition coefficient (Wildman–Crippen LogP) is 5.59. The van der Waals surface area contributed by atoms with E-state index in [0.717, 1.165) is 17.5 Å². The van der Waals surface area contributed by atoms with Gasteiger partial charge in [0, 0.05) is 31.0 Å². The summed E-state index contributed by atoms with van der Waals surface area (Å²) in [7, 11) is 0. The summed E-state index contributed by atoms with van der Waals surface area (Å²) in [6.45, 7) is 5.77. The summed E-state index contributed by atoms with van der Waals surface area (Å²) in [5, 5.41) is 20.3. The number of carbonyl (C=O) groups is 3. The van der Waals surface area contributed by atoms with Gasteiger partial charge in [-0.1, -0.05) is 79.2 Å². The number of aliphatic hydroxyl groups is 1. The molecule has 0 aliphatic carbocycles. The minimum Gasteiger partial charge on any atom is -0.485 e. The van der Waals surface area contributed by atoms with Crippen molar-refractivity contribution in [2.75, 3.05) is 19.6 Å². The Bertz CT molecular complexity index is 1680. The van der Waals surface area contributed by atoms with E-state index < -0.39 is 18.0 Å². The fraction of sp³-hybridized carbons (Fsp3) is 0.378. The molecule has 1 amide bonds. The second-order valence-electron chi connectivity index (χ2n) is 12.8. The molecule has 3 aliphatic rings. The van der Waals surface area contributed by atoms with Crippen molar-refractivity contribution in [3.8, 4) is 11.5 Å². The Balaban J connectivity index is 1.14. The minimum atomic E-state index is -1.13. The summed E-state index contributed by atoms with van der Waals surface area (Å²) in [5.74, 6) is -1.53. The normalized spacial score (nSPS) is 23.0. The van der Waals surface area contributed by atoms with E-state index in [4.69, 9.17) is 21.1 Å². The van der Waals surface area contributed by atoms with Gasteiger partial charge in [0.25, 0.3) is 0 Å². The van der Waals surface area contributed by atoms with Crippen LogP contribution in [0.5, 0.6) is 11.5 Å². The van der Waals surface area contributed by atoms with Crippen molar-refractivity contribution in [3.63, 3.8) is 0 Å². The number of carboxylic acid groups (broad SMARTS) is 1. The number of likely N-dealkylation sites (tertiary alicyclic amines) is 1. The fourth-order valence-electron chi connectivity index (χ4n) is 7.16.